The number of rotatable bonds is 6. The molecule has 24 heavy (non-hydrogen) atoms. The van der Waals surface area contributed by atoms with Gasteiger partial charge in [-0.05, 0) is 27.8 Å². The number of hydrogen-bond acceptors (Lipinski definition) is 2. The Labute approximate surface area is 146 Å². The summed E-state index contributed by atoms with van der Waals surface area (Å²) in [6.45, 7) is 7.52. The Balaban J connectivity index is 2.05. The lowest BCUT2D eigenvalue weighted by molar-refractivity contribution is -0.109. The Morgan fingerprint density at radius 1 is 1.00 bits per heavy atom. The lowest BCUT2D eigenvalue weighted by Gasteiger charge is -2.43. The molecule has 0 aromatic heterocycles. The minimum absolute atomic E-state index is 0.00126. The molecule has 0 radical (unpaired) electrons. The van der Waals surface area contributed by atoms with Crippen LogP contribution in [-0.2, 0) is 9.22 Å². The van der Waals surface area contributed by atoms with Crippen LogP contribution in [0.4, 0.5) is 0 Å². The molecule has 0 aliphatic heterocycles. The summed E-state index contributed by atoms with van der Waals surface area (Å²) in [5.74, 6) is 0.590. The molecule has 2 aromatic carbocycles. The van der Waals surface area contributed by atoms with Gasteiger partial charge >= 0.3 is 0 Å². The van der Waals surface area contributed by atoms with E-state index in [1.54, 1.807) is 0 Å². The van der Waals surface area contributed by atoms with E-state index >= 15 is 0 Å². The van der Waals surface area contributed by atoms with Crippen molar-refractivity contribution in [3.05, 3.63) is 60.7 Å². The second-order valence-electron chi connectivity index (χ2n) is 7.77. The zero-order valence-electron chi connectivity index (χ0n) is 14.7. The van der Waals surface area contributed by atoms with Gasteiger partial charge in [-0.3, -0.25) is 0 Å². The van der Waals surface area contributed by atoms with Crippen LogP contribution in [0.1, 0.15) is 27.2 Å². The molecule has 3 rings (SSSR count). The minimum Gasteiger partial charge on any atom is -0.407 e. The summed E-state index contributed by atoms with van der Waals surface area (Å²) < 4.78 is 6.80. The molecule has 1 aliphatic rings. The third-order valence-electron chi connectivity index (χ3n) is 5.08. The fourth-order valence-corrected chi connectivity index (χ4v) is 8.24. The van der Waals surface area contributed by atoms with Gasteiger partial charge in [0.05, 0.1) is 0 Å². The zero-order chi connectivity index (χ0) is 17.2. The maximum atomic E-state index is 11.0. The monoisotopic (exact) mass is 338 g/mol. The Morgan fingerprint density at radius 2 is 1.50 bits per heavy atom. The Morgan fingerprint density at radius 3 is 1.88 bits per heavy atom. The molecule has 2 nitrogen and oxygen atoms in total. The van der Waals surface area contributed by atoms with E-state index in [2.05, 4.69) is 81.4 Å². The third kappa shape index (κ3) is 3.11. The Bertz CT molecular complexity index is 636. The molecular formula is C21H26O2Si. The van der Waals surface area contributed by atoms with Gasteiger partial charge in [0.2, 0.25) is 0 Å². The van der Waals surface area contributed by atoms with Gasteiger partial charge in [-0.15, -0.1) is 0 Å². The van der Waals surface area contributed by atoms with Crippen LogP contribution < -0.4 is 10.4 Å². The van der Waals surface area contributed by atoms with E-state index in [0.29, 0.717) is 12.5 Å². The average Bonchev–Trinajstić information content (AvgIpc) is 3.35. The van der Waals surface area contributed by atoms with Gasteiger partial charge in [-0.2, -0.15) is 0 Å². The van der Waals surface area contributed by atoms with Crippen molar-refractivity contribution in [3.63, 3.8) is 0 Å². The lowest BCUT2D eigenvalue weighted by atomic mass is 10.2. The number of benzene rings is 2. The normalized spacial score (nSPS) is 20.6. The summed E-state index contributed by atoms with van der Waals surface area (Å²) in [5.41, 5.74) is 0. The summed E-state index contributed by atoms with van der Waals surface area (Å²) >= 11 is 0. The third-order valence-corrected chi connectivity index (χ3v) is 10.1. The van der Waals surface area contributed by atoms with Gasteiger partial charge in [0, 0.05) is 12.5 Å². The molecule has 1 saturated carbocycles. The van der Waals surface area contributed by atoms with E-state index in [1.807, 2.05) is 0 Å². The van der Waals surface area contributed by atoms with Gasteiger partial charge in [0.15, 0.2) is 0 Å². The smallest absolute Gasteiger partial charge is 0.261 e. The van der Waals surface area contributed by atoms with Crippen LogP contribution in [0.2, 0.25) is 5.04 Å². The molecule has 0 saturated heterocycles. The van der Waals surface area contributed by atoms with E-state index < -0.39 is 8.32 Å². The lowest BCUT2D eigenvalue weighted by Crippen LogP contribution is -2.66. The molecule has 0 spiro atoms. The maximum absolute atomic E-state index is 11.0. The fraction of sp³-hybridized carbons (Fsp3) is 0.381. The van der Waals surface area contributed by atoms with Crippen molar-refractivity contribution in [1.29, 1.82) is 0 Å². The number of aldehydes is 1. The van der Waals surface area contributed by atoms with Crippen LogP contribution in [0.5, 0.6) is 0 Å². The highest BCUT2D eigenvalue weighted by molar-refractivity contribution is 6.99. The molecule has 1 aliphatic carbocycles. The van der Waals surface area contributed by atoms with Crippen molar-refractivity contribution in [2.75, 3.05) is 6.61 Å². The van der Waals surface area contributed by atoms with Gasteiger partial charge in [0.1, 0.15) is 6.29 Å². The van der Waals surface area contributed by atoms with Crippen LogP contribution in [0.3, 0.4) is 0 Å². The molecule has 1 fully saturated rings. The van der Waals surface area contributed by atoms with Crippen molar-refractivity contribution >= 4 is 25.0 Å². The number of carbonyl (C=O) groups is 1. The molecule has 2 aromatic rings. The highest BCUT2D eigenvalue weighted by Crippen LogP contribution is 2.41. The van der Waals surface area contributed by atoms with Crippen molar-refractivity contribution in [1.82, 2.24) is 0 Å². The van der Waals surface area contributed by atoms with E-state index in [4.69, 9.17) is 4.43 Å². The van der Waals surface area contributed by atoms with Gasteiger partial charge in [-0.1, -0.05) is 81.4 Å². The molecule has 2 atom stereocenters. The summed E-state index contributed by atoms with van der Waals surface area (Å²) in [6, 6.07) is 21.3. The molecule has 0 amide bonds. The minimum atomic E-state index is -2.43. The average molecular weight is 339 g/mol. The van der Waals surface area contributed by atoms with Crippen molar-refractivity contribution in [2.24, 2.45) is 11.8 Å². The van der Waals surface area contributed by atoms with Crippen LogP contribution in [-0.4, -0.2) is 21.2 Å². The number of hydrogen-bond donors (Lipinski definition) is 0. The summed E-state index contributed by atoms with van der Waals surface area (Å²) in [6.07, 6.45) is 2.06. The first-order chi connectivity index (χ1) is 11.5. The SMILES string of the molecule is CC(C)(C)[Si](OCC1CC1C=O)(c1ccccc1)c1ccccc1. The maximum Gasteiger partial charge on any atom is 0.261 e. The van der Waals surface area contributed by atoms with Crippen LogP contribution >= 0.6 is 0 Å². The fourth-order valence-electron chi connectivity index (χ4n) is 3.62. The highest BCUT2D eigenvalue weighted by Gasteiger charge is 2.51. The van der Waals surface area contributed by atoms with Crippen LogP contribution in [0, 0.1) is 11.8 Å². The zero-order valence-corrected chi connectivity index (χ0v) is 15.7. The molecule has 126 valence electrons. The van der Waals surface area contributed by atoms with E-state index in [9.17, 15) is 4.79 Å². The Hall–Kier alpha value is -1.71. The second-order valence-corrected chi connectivity index (χ2v) is 12.1. The molecule has 0 heterocycles. The summed E-state index contributed by atoms with van der Waals surface area (Å²) in [7, 11) is -2.43. The van der Waals surface area contributed by atoms with Crippen LogP contribution in [0.15, 0.2) is 60.7 Å². The predicted octanol–water partition coefficient (Wildman–Crippen LogP) is 3.40. The summed E-state index contributed by atoms with van der Waals surface area (Å²) in [4.78, 5) is 11.0. The Kier molecular flexibility index (Phi) is 4.75. The predicted molar refractivity (Wildman–Crippen MR) is 101 cm³/mol. The molecule has 2 unspecified atom stereocenters. The molecular weight excluding hydrogens is 312 g/mol. The van der Waals surface area contributed by atoms with Crippen molar-refractivity contribution in [2.45, 2.75) is 32.2 Å². The first-order valence-corrected chi connectivity index (χ1v) is 10.6. The van der Waals surface area contributed by atoms with Crippen molar-refractivity contribution < 1.29 is 9.22 Å². The standard InChI is InChI=1S/C21H26O2Si/c1-21(2,3)24(19-10-6-4-7-11-19,20-12-8-5-9-13-20)23-16-18-14-17(18)15-22/h4-13,15,17-18H,14,16H2,1-3H3. The first-order valence-electron chi connectivity index (χ1n) is 8.69. The second kappa shape index (κ2) is 6.65. The number of carbonyl (C=O) groups excluding carboxylic acids is 1. The van der Waals surface area contributed by atoms with Gasteiger partial charge in [0.25, 0.3) is 8.32 Å². The molecule has 3 heteroatoms. The van der Waals surface area contributed by atoms with Crippen molar-refractivity contribution in [3.8, 4) is 0 Å². The van der Waals surface area contributed by atoms with Gasteiger partial charge < -0.3 is 9.22 Å². The largest absolute Gasteiger partial charge is 0.407 e. The highest BCUT2D eigenvalue weighted by atomic mass is 28.4. The topological polar surface area (TPSA) is 26.3 Å². The van der Waals surface area contributed by atoms with E-state index in [-0.39, 0.29) is 11.0 Å². The van der Waals surface area contributed by atoms with E-state index in [0.717, 1.165) is 12.7 Å². The molecule has 0 N–H and O–H groups in total. The van der Waals surface area contributed by atoms with Gasteiger partial charge in [-0.25, -0.2) is 0 Å². The summed E-state index contributed by atoms with van der Waals surface area (Å²) in [5, 5.41) is 2.60. The first kappa shape index (κ1) is 17.1. The quantitative estimate of drug-likeness (QED) is 0.596. The van der Waals surface area contributed by atoms with Crippen LogP contribution in [0.25, 0.3) is 0 Å². The van der Waals surface area contributed by atoms with E-state index in [1.165, 1.54) is 10.4 Å². The molecule has 0 bridgehead atoms.